The molecule has 19 heavy (non-hydrogen) atoms. The van der Waals surface area contributed by atoms with E-state index in [4.69, 9.17) is 0 Å². The molecule has 2 saturated heterocycles. The van der Waals surface area contributed by atoms with Gasteiger partial charge in [0, 0.05) is 25.0 Å². The SMILES string of the molecule is CCN1CCCC(NC(=O)CC2NCCCC2C)C1. The molecule has 2 N–H and O–H groups in total. The van der Waals surface area contributed by atoms with Crippen LogP contribution in [0.3, 0.4) is 0 Å². The van der Waals surface area contributed by atoms with Gasteiger partial charge in [-0.1, -0.05) is 13.8 Å². The van der Waals surface area contributed by atoms with Gasteiger partial charge >= 0.3 is 0 Å². The van der Waals surface area contributed by atoms with Crippen molar-refractivity contribution in [2.45, 2.75) is 58.0 Å². The minimum atomic E-state index is 0.231. The smallest absolute Gasteiger partial charge is 0.221 e. The summed E-state index contributed by atoms with van der Waals surface area (Å²) in [6.45, 7) is 8.81. The van der Waals surface area contributed by atoms with Crippen LogP contribution in [0.1, 0.15) is 46.0 Å². The summed E-state index contributed by atoms with van der Waals surface area (Å²) < 4.78 is 0. The lowest BCUT2D eigenvalue weighted by Gasteiger charge is -2.33. The topological polar surface area (TPSA) is 44.4 Å². The van der Waals surface area contributed by atoms with Gasteiger partial charge in [0.25, 0.3) is 0 Å². The van der Waals surface area contributed by atoms with Crippen LogP contribution in [-0.2, 0) is 4.79 Å². The minimum Gasteiger partial charge on any atom is -0.352 e. The maximum Gasteiger partial charge on any atom is 0.221 e. The molecule has 0 aromatic carbocycles. The van der Waals surface area contributed by atoms with Gasteiger partial charge in [-0.2, -0.15) is 0 Å². The number of carbonyl (C=O) groups excluding carboxylic acids is 1. The van der Waals surface area contributed by atoms with Crippen LogP contribution in [0.5, 0.6) is 0 Å². The normalized spacial score (nSPS) is 33.1. The molecule has 0 aromatic rings. The lowest BCUT2D eigenvalue weighted by atomic mass is 9.90. The van der Waals surface area contributed by atoms with Crippen molar-refractivity contribution in [3.63, 3.8) is 0 Å². The van der Waals surface area contributed by atoms with Crippen LogP contribution in [-0.4, -0.2) is 49.1 Å². The van der Waals surface area contributed by atoms with E-state index in [1.165, 1.54) is 25.8 Å². The number of likely N-dealkylation sites (N-methyl/N-ethyl adjacent to an activating group) is 1. The van der Waals surface area contributed by atoms with Crippen LogP contribution >= 0.6 is 0 Å². The first-order chi connectivity index (χ1) is 9.19. The summed E-state index contributed by atoms with van der Waals surface area (Å²) in [6.07, 6.45) is 5.47. The van der Waals surface area contributed by atoms with Crippen molar-refractivity contribution in [2.24, 2.45) is 5.92 Å². The molecule has 4 nitrogen and oxygen atoms in total. The maximum atomic E-state index is 12.2. The fourth-order valence-electron chi connectivity index (χ4n) is 3.33. The van der Waals surface area contributed by atoms with Crippen molar-refractivity contribution in [1.82, 2.24) is 15.5 Å². The Kier molecular flexibility index (Phi) is 5.64. The third-order valence-corrected chi connectivity index (χ3v) is 4.65. The highest BCUT2D eigenvalue weighted by Crippen LogP contribution is 2.18. The lowest BCUT2D eigenvalue weighted by Crippen LogP contribution is -2.50. The number of nitrogens with one attached hydrogen (secondary N) is 2. The highest BCUT2D eigenvalue weighted by Gasteiger charge is 2.25. The van der Waals surface area contributed by atoms with Crippen LogP contribution in [0.2, 0.25) is 0 Å². The molecule has 4 heteroatoms. The summed E-state index contributed by atoms with van der Waals surface area (Å²) in [5, 5.41) is 6.72. The van der Waals surface area contributed by atoms with Gasteiger partial charge in [0.15, 0.2) is 0 Å². The Balaban J connectivity index is 1.74. The quantitative estimate of drug-likeness (QED) is 0.808. The van der Waals surface area contributed by atoms with Gasteiger partial charge in [0.1, 0.15) is 0 Å². The number of rotatable bonds is 4. The minimum absolute atomic E-state index is 0.231. The first-order valence-electron chi connectivity index (χ1n) is 7.94. The number of nitrogens with zero attached hydrogens (tertiary/aromatic N) is 1. The molecule has 0 aromatic heterocycles. The van der Waals surface area contributed by atoms with E-state index < -0.39 is 0 Å². The zero-order valence-electron chi connectivity index (χ0n) is 12.5. The molecule has 2 fully saturated rings. The van der Waals surface area contributed by atoms with Crippen LogP contribution in [0.4, 0.5) is 0 Å². The second kappa shape index (κ2) is 7.25. The zero-order valence-corrected chi connectivity index (χ0v) is 12.5. The highest BCUT2D eigenvalue weighted by atomic mass is 16.1. The van der Waals surface area contributed by atoms with Crippen molar-refractivity contribution >= 4 is 5.91 Å². The van der Waals surface area contributed by atoms with Gasteiger partial charge in [-0.25, -0.2) is 0 Å². The molecule has 0 aliphatic carbocycles. The van der Waals surface area contributed by atoms with Crippen molar-refractivity contribution in [1.29, 1.82) is 0 Å². The first kappa shape index (κ1) is 14.8. The molecule has 2 aliphatic heterocycles. The third-order valence-electron chi connectivity index (χ3n) is 4.65. The second-order valence-corrected chi connectivity index (χ2v) is 6.18. The number of carbonyl (C=O) groups is 1. The molecule has 0 spiro atoms. The number of amides is 1. The van der Waals surface area contributed by atoms with Crippen LogP contribution in [0.15, 0.2) is 0 Å². The lowest BCUT2D eigenvalue weighted by molar-refractivity contribution is -0.123. The highest BCUT2D eigenvalue weighted by molar-refractivity contribution is 5.77. The summed E-state index contributed by atoms with van der Waals surface area (Å²) in [7, 11) is 0. The van der Waals surface area contributed by atoms with Crippen LogP contribution < -0.4 is 10.6 Å². The number of likely N-dealkylation sites (tertiary alicyclic amines) is 1. The third kappa shape index (κ3) is 4.46. The molecule has 2 rings (SSSR count). The maximum absolute atomic E-state index is 12.2. The molecular weight excluding hydrogens is 238 g/mol. The Bertz CT molecular complexity index is 295. The molecule has 0 saturated carbocycles. The molecule has 1 amide bonds. The predicted molar refractivity (Wildman–Crippen MR) is 78.1 cm³/mol. The van der Waals surface area contributed by atoms with E-state index in [0.717, 1.165) is 26.1 Å². The number of piperidine rings is 2. The van der Waals surface area contributed by atoms with Crippen molar-refractivity contribution in [3.8, 4) is 0 Å². The fourth-order valence-corrected chi connectivity index (χ4v) is 3.33. The molecule has 2 heterocycles. The molecular formula is C15H29N3O. The monoisotopic (exact) mass is 267 g/mol. The standard InChI is InChI=1S/C15H29N3O/c1-3-18-9-5-7-13(11-18)17-15(19)10-14-12(2)6-4-8-16-14/h12-14,16H,3-11H2,1-2H3,(H,17,19). The van der Waals surface area contributed by atoms with E-state index in [1.807, 2.05) is 0 Å². The van der Waals surface area contributed by atoms with E-state index in [1.54, 1.807) is 0 Å². The van der Waals surface area contributed by atoms with Gasteiger partial charge in [0.05, 0.1) is 0 Å². The average Bonchev–Trinajstić information content (AvgIpc) is 2.41. The molecule has 3 unspecified atom stereocenters. The van der Waals surface area contributed by atoms with E-state index in [2.05, 4.69) is 29.4 Å². The Morgan fingerprint density at radius 3 is 2.95 bits per heavy atom. The predicted octanol–water partition coefficient (Wildman–Crippen LogP) is 1.37. The van der Waals surface area contributed by atoms with Gasteiger partial charge < -0.3 is 15.5 Å². The van der Waals surface area contributed by atoms with E-state index in [0.29, 0.717) is 24.4 Å². The number of hydrogen-bond acceptors (Lipinski definition) is 3. The fraction of sp³-hybridized carbons (Fsp3) is 0.933. The number of hydrogen-bond donors (Lipinski definition) is 2. The Morgan fingerprint density at radius 1 is 1.37 bits per heavy atom. The Labute approximate surface area is 117 Å². The summed E-state index contributed by atoms with van der Waals surface area (Å²) in [5.74, 6) is 0.854. The molecule has 3 atom stereocenters. The summed E-state index contributed by atoms with van der Waals surface area (Å²) in [5.41, 5.74) is 0. The Morgan fingerprint density at radius 2 is 2.21 bits per heavy atom. The van der Waals surface area contributed by atoms with E-state index in [9.17, 15) is 4.79 Å². The summed E-state index contributed by atoms with van der Waals surface area (Å²) in [6, 6.07) is 0.736. The average molecular weight is 267 g/mol. The molecule has 0 bridgehead atoms. The largest absolute Gasteiger partial charge is 0.352 e. The van der Waals surface area contributed by atoms with Crippen molar-refractivity contribution < 1.29 is 4.79 Å². The van der Waals surface area contributed by atoms with Gasteiger partial charge in [0.2, 0.25) is 5.91 Å². The van der Waals surface area contributed by atoms with Crippen LogP contribution in [0, 0.1) is 5.92 Å². The van der Waals surface area contributed by atoms with Crippen molar-refractivity contribution in [2.75, 3.05) is 26.2 Å². The molecule has 110 valence electrons. The second-order valence-electron chi connectivity index (χ2n) is 6.18. The summed E-state index contributed by atoms with van der Waals surface area (Å²) >= 11 is 0. The van der Waals surface area contributed by atoms with E-state index in [-0.39, 0.29) is 5.91 Å². The molecule has 0 radical (unpaired) electrons. The van der Waals surface area contributed by atoms with Crippen LogP contribution in [0.25, 0.3) is 0 Å². The Hall–Kier alpha value is -0.610. The van der Waals surface area contributed by atoms with Crippen molar-refractivity contribution in [3.05, 3.63) is 0 Å². The van der Waals surface area contributed by atoms with Gasteiger partial charge in [-0.15, -0.1) is 0 Å². The molecule has 2 aliphatic rings. The van der Waals surface area contributed by atoms with Gasteiger partial charge in [-0.3, -0.25) is 4.79 Å². The van der Waals surface area contributed by atoms with E-state index >= 15 is 0 Å². The first-order valence-corrected chi connectivity index (χ1v) is 7.94. The zero-order chi connectivity index (χ0) is 13.7. The van der Waals surface area contributed by atoms with Gasteiger partial charge in [-0.05, 0) is 51.2 Å². The summed E-state index contributed by atoms with van der Waals surface area (Å²) in [4.78, 5) is 14.6.